The number of fused-ring (bicyclic) bond motifs is 1. The third kappa shape index (κ3) is 4.53. The first-order valence-corrected chi connectivity index (χ1v) is 9.28. The molecular weight excluding hydrogens is 328 g/mol. The van der Waals surface area contributed by atoms with Crippen LogP contribution in [0.15, 0.2) is 35.6 Å². The van der Waals surface area contributed by atoms with Gasteiger partial charge in [-0.05, 0) is 30.9 Å². The van der Waals surface area contributed by atoms with Crippen LogP contribution < -0.4 is 10.6 Å². The summed E-state index contributed by atoms with van der Waals surface area (Å²) in [5.74, 6) is 1.55. The molecule has 0 spiro atoms. The maximum Gasteiger partial charge on any atom is 0.220 e. The monoisotopic (exact) mass is 356 g/mol. The first-order valence-electron chi connectivity index (χ1n) is 9.28. The van der Waals surface area contributed by atoms with E-state index in [1.165, 1.54) is 0 Å². The number of pyridine rings is 1. The topological polar surface area (TPSA) is 74.0 Å². The van der Waals surface area contributed by atoms with Crippen LogP contribution >= 0.6 is 0 Å². The van der Waals surface area contributed by atoms with E-state index in [4.69, 9.17) is 0 Å². The van der Waals surface area contributed by atoms with Gasteiger partial charge in [-0.2, -0.15) is 0 Å². The summed E-state index contributed by atoms with van der Waals surface area (Å²) in [6.45, 7) is 2.68. The molecule has 3 heterocycles. The van der Waals surface area contributed by atoms with Crippen molar-refractivity contribution >= 4 is 17.5 Å². The molecule has 1 amide bonds. The summed E-state index contributed by atoms with van der Waals surface area (Å²) in [5.41, 5.74) is 2.05. The zero-order chi connectivity index (χ0) is 18.4. The number of aliphatic imine (C=N–C) groups is 1. The number of likely N-dealkylation sites (tertiary alicyclic amines) is 1. The average molecular weight is 356 g/mol. The van der Waals surface area contributed by atoms with Gasteiger partial charge in [0.2, 0.25) is 5.91 Å². The molecule has 0 bridgehead atoms. The zero-order valence-electron chi connectivity index (χ0n) is 15.6. The highest BCUT2D eigenvalue weighted by Gasteiger charge is 2.22. The maximum atomic E-state index is 11.5. The van der Waals surface area contributed by atoms with E-state index in [1.807, 2.05) is 35.8 Å². The van der Waals surface area contributed by atoms with Crippen molar-refractivity contribution in [1.82, 2.24) is 24.9 Å². The van der Waals surface area contributed by atoms with Crippen molar-refractivity contribution in [2.75, 3.05) is 33.7 Å². The Labute approximate surface area is 154 Å². The number of imidazole rings is 1. The van der Waals surface area contributed by atoms with E-state index < -0.39 is 0 Å². The molecule has 2 N–H and O–H groups in total. The molecule has 1 saturated heterocycles. The van der Waals surface area contributed by atoms with Gasteiger partial charge in [0.15, 0.2) is 5.96 Å². The molecular formula is C19H28N6O. The number of amides is 1. The van der Waals surface area contributed by atoms with Gasteiger partial charge in [0.25, 0.3) is 0 Å². The van der Waals surface area contributed by atoms with Gasteiger partial charge in [-0.3, -0.25) is 9.79 Å². The lowest BCUT2D eigenvalue weighted by atomic mass is 9.93. The number of carbonyl (C=O) groups excluding carboxylic acids is 1. The minimum Gasteiger partial charge on any atom is -0.359 e. The van der Waals surface area contributed by atoms with Crippen molar-refractivity contribution in [3.8, 4) is 0 Å². The van der Waals surface area contributed by atoms with Crippen LogP contribution in [0.3, 0.4) is 0 Å². The average Bonchev–Trinajstić information content (AvgIpc) is 3.09. The number of hydrogen-bond donors (Lipinski definition) is 2. The number of nitrogens with one attached hydrogen (secondary N) is 2. The summed E-state index contributed by atoms with van der Waals surface area (Å²) in [6.07, 6.45) is 7.63. The lowest BCUT2D eigenvalue weighted by molar-refractivity contribution is -0.121. The molecule has 0 atom stereocenters. The fraction of sp³-hybridized carbons (Fsp3) is 0.526. The van der Waals surface area contributed by atoms with Gasteiger partial charge in [0.05, 0.1) is 5.69 Å². The van der Waals surface area contributed by atoms with Crippen LogP contribution in [0.4, 0.5) is 0 Å². The normalized spacial score (nSPS) is 16.1. The molecule has 3 rings (SSSR count). The summed E-state index contributed by atoms with van der Waals surface area (Å²) in [7, 11) is 3.52. The fourth-order valence-corrected chi connectivity index (χ4v) is 3.46. The minimum atomic E-state index is 0.137. The number of aromatic nitrogens is 2. The molecule has 0 unspecified atom stereocenters. The predicted octanol–water partition coefficient (Wildman–Crippen LogP) is 1.30. The van der Waals surface area contributed by atoms with Crippen molar-refractivity contribution in [3.63, 3.8) is 0 Å². The largest absolute Gasteiger partial charge is 0.359 e. The van der Waals surface area contributed by atoms with Crippen molar-refractivity contribution in [1.29, 1.82) is 0 Å². The summed E-state index contributed by atoms with van der Waals surface area (Å²) in [4.78, 5) is 22.8. The van der Waals surface area contributed by atoms with Gasteiger partial charge in [-0.1, -0.05) is 6.07 Å². The quantitative estimate of drug-likeness (QED) is 0.626. The molecule has 1 fully saturated rings. The van der Waals surface area contributed by atoms with Gasteiger partial charge in [-0.25, -0.2) is 4.98 Å². The van der Waals surface area contributed by atoms with E-state index in [2.05, 4.69) is 31.7 Å². The van der Waals surface area contributed by atoms with Crippen molar-refractivity contribution in [3.05, 3.63) is 36.3 Å². The molecule has 2 aromatic heterocycles. The van der Waals surface area contributed by atoms with Crippen LogP contribution in [0.1, 0.15) is 25.0 Å². The molecule has 0 radical (unpaired) electrons. The van der Waals surface area contributed by atoms with E-state index in [9.17, 15) is 4.79 Å². The van der Waals surface area contributed by atoms with Gasteiger partial charge in [0, 0.05) is 59.0 Å². The molecule has 0 aromatic carbocycles. The van der Waals surface area contributed by atoms with Gasteiger partial charge < -0.3 is 19.9 Å². The maximum absolute atomic E-state index is 11.5. The van der Waals surface area contributed by atoms with Crippen LogP contribution in [-0.4, -0.2) is 59.9 Å². The Morgan fingerprint density at radius 3 is 2.85 bits per heavy atom. The Morgan fingerprint density at radius 1 is 1.35 bits per heavy atom. The first kappa shape index (κ1) is 18.2. The number of guanidine groups is 1. The summed E-state index contributed by atoms with van der Waals surface area (Å²) in [5, 5.41) is 6.16. The second kappa shape index (κ2) is 8.69. The molecule has 7 heteroatoms. The number of nitrogens with zero attached hydrogens (tertiary/aromatic N) is 4. The van der Waals surface area contributed by atoms with Gasteiger partial charge in [-0.15, -0.1) is 0 Å². The highest BCUT2D eigenvalue weighted by molar-refractivity contribution is 5.80. The standard InChI is InChI=1S/C19H28N6O/c1-20-18(26)13-15-7-11-24(12-8-15)19(21-2)22-9-6-16-14-25-10-4-3-5-17(25)23-16/h3-5,10,14-15H,6-9,11-13H2,1-2H3,(H,20,26)(H,21,22). The third-order valence-electron chi connectivity index (χ3n) is 4.96. The Kier molecular flexibility index (Phi) is 6.09. The second-order valence-corrected chi connectivity index (χ2v) is 6.73. The number of carbonyl (C=O) groups is 1. The second-order valence-electron chi connectivity index (χ2n) is 6.73. The van der Waals surface area contributed by atoms with Gasteiger partial charge in [0.1, 0.15) is 5.65 Å². The molecule has 7 nitrogen and oxygen atoms in total. The number of piperidine rings is 1. The van der Waals surface area contributed by atoms with E-state index in [0.29, 0.717) is 12.3 Å². The minimum absolute atomic E-state index is 0.137. The lowest BCUT2D eigenvalue weighted by Gasteiger charge is -2.34. The Morgan fingerprint density at radius 2 is 2.15 bits per heavy atom. The van der Waals surface area contributed by atoms with E-state index in [0.717, 1.165) is 56.2 Å². The van der Waals surface area contributed by atoms with Crippen LogP contribution in [0.25, 0.3) is 5.65 Å². The smallest absolute Gasteiger partial charge is 0.220 e. The SMILES string of the molecule is CN=C(NCCc1cn2ccccc2n1)N1CCC(CC(=O)NC)CC1. The van der Waals surface area contributed by atoms with E-state index in [1.54, 1.807) is 7.05 Å². The zero-order valence-corrected chi connectivity index (χ0v) is 15.6. The van der Waals surface area contributed by atoms with Crippen molar-refractivity contribution in [2.24, 2.45) is 10.9 Å². The van der Waals surface area contributed by atoms with E-state index >= 15 is 0 Å². The van der Waals surface area contributed by atoms with Crippen LogP contribution in [0, 0.1) is 5.92 Å². The highest BCUT2D eigenvalue weighted by Crippen LogP contribution is 2.20. The fourth-order valence-electron chi connectivity index (χ4n) is 3.46. The Balaban J connectivity index is 1.45. The van der Waals surface area contributed by atoms with Gasteiger partial charge >= 0.3 is 0 Å². The van der Waals surface area contributed by atoms with Crippen molar-refractivity contribution < 1.29 is 4.79 Å². The van der Waals surface area contributed by atoms with Crippen LogP contribution in [0.5, 0.6) is 0 Å². The number of hydrogen-bond acceptors (Lipinski definition) is 3. The molecule has 0 saturated carbocycles. The third-order valence-corrected chi connectivity index (χ3v) is 4.96. The highest BCUT2D eigenvalue weighted by atomic mass is 16.1. The summed E-state index contributed by atoms with van der Waals surface area (Å²) >= 11 is 0. The molecule has 26 heavy (non-hydrogen) atoms. The summed E-state index contributed by atoms with van der Waals surface area (Å²) < 4.78 is 2.04. The molecule has 140 valence electrons. The van der Waals surface area contributed by atoms with Crippen LogP contribution in [-0.2, 0) is 11.2 Å². The Bertz CT molecular complexity index is 727. The lowest BCUT2D eigenvalue weighted by Crippen LogP contribution is -2.46. The van der Waals surface area contributed by atoms with E-state index in [-0.39, 0.29) is 5.91 Å². The molecule has 2 aromatic rings. The molecule has 1 aliphatic rings. The molecule has 1 aliphatic heterocycles. The predicted molar refractivity (Wildman–Crippen MR) is 103 cm³/mol. The number of rotatable bonds is 5. The molecule has 0 aliphatic carbocycles. The van der Waals surface area contributed by atoms with Crippen LogP contribution in [0.2, 0.25) is 0 Å². The summed E-state index contributed by atoms with van der Waals surface area (Å²) in [6, 6.07) is 6.02. The Hall–Kier alpha value is -2.57. The first-order chi connectivity index (χ1) is 12.7. The van der Waals surface area contributed by atoms with Crippen molar-refractivity contribution in [2.45, 2.75) is 25.7 Å².